The molecule has 0 saturated heterocycles. The summed E-state index contributed by atoms with van der Waals surface area (Å²) in [5.74, 6) is 0.506. The van der Waals surface area contributed by atoms with Crippen molar-refractivity contribution in [2.75, 3.05) is 12.4 Å². The summed E-state index contributed by atoms with van der Waals surface area (Å²) in [6.45, 7) is 5.64. The van der Waals surface area contributed by atoms with Crippen LogP contribution in [-0.4, -0.2) is 28.8 Å². The molecule has 9 heteroatoms. The van der Waals surface area contributed by atoms with E-state index >= 15 is 0 Å². The number of hydrogen-bond donors (Lipinski definition) is 2. The largest absolute Gasteiger partial charge is 0.495 e. The molecule has 3 aromatic rings. The van der Waals surface area contributed by atoms with Crippen molar-refractivity contribution in [3.05, 3.63) is 81.2 Å². The van der Waals surface area contributed by atoms with E-state index in [1.54, 1.807) is 12.1 Å². The normalized spacial score (nSPS) is 10.8. The van der Waals surface area contributed by atoms with E-state index in [1.165, 1.54) is 25.5 Å². The van der Waals surface area contributed by atoms with Crippen LogP contribution < -0.4 is 15.5 Å². The summed E-state index contributed by atoms with van der Waals surface area (Å²) in [5.41, 5.74) is 6.98. The first-order valence-electron chi connectivity index (χ1n) is 9.49. The van der Waals surface area contributed by atoms with E-state index in [-0.39, 0.29) is 5.69 Å². The van der Waals surface area contributed by atoms with Crippen LogP contribution in [0.15, 0.2) is 53.6 Å². The molecule has 1 aromatic heterocycles. The molecule has 0 radical (unpaired) electrons. The lowest BCUT2D eigenvalue weighted by molar-refractivity contribution is -0.384. The molecule has 160 valence electrons. The number of hydrazone groups is 1. The Morgan fingerprint density at radius 1 is 1.16 bits per heavy atom. The molecule has 0 spiro atoms. The van der Waals surface area contributed by atoms with Crippen LogP contribution in [0.3, 0.4) is 0 Å². The average Bonchev–Trinajstić information content (AvgIpc) is 3.02. The number of rotatable bonds is 6. The Kier molecular flexibility index (Phi) is 6.35. The molecule has 2 amide bonds. The predicted molar refractivity (Wildman–Crippen MR) is 119 cm³/mol. The zero-order valence-electron chi connectivity index (χ0n) is 17.7. The van der Waals surface area contributed by atoms with E-state index in [2.05, 4.69) is 15.8 Å². The first kappa shape index (κ1) is 21.6. The average molecular weight is 421 g/mol. The lowest BCUT2D eigenvalue weighted by atomic mass is 10.2. The number of carbonyl (C=O) groups excluding carboxylic acids is 1. The summed E-state index contributed by atoms with van der Waals surface area (Å²) in [5, 5.41) is 18.0. The van der Waals surface area contributed by atoms with Crippen LogP contribution in [0.4, 0.5) is 16.2 Å². The van der Waals surface area contributed by atoms with Gasteiger partial charge in [0.05, 0.1) is 23.9 Å². The quantitative estimate of drug-likeness (QED) is 0.347. The zero-order chi connectivity index (χ0) is 22.5. The molecule has 0 fully saturated rings. The number of aromatic nitrogens is 1. The lowest BCUT2D eigenvalue weighted by Crippen LogP contribution is -2.24. The molecule has 1 heterocycles. The number of urea groups is 1. The van der Waals surface area contributed by atoms with Crippen LogP contribution in [-0.2, 0) is 0 Å². The number of methoxy groups -OCH3 is 1. The van der Waals surface area contributed by atoms with Crippen molar-refractivity contribution in [1.29, 1.82) is 0 Å². The highest BCUT2D eigenvalue weighted by molar-refractivity contribution is 5.91. The van der Waals surface area contributed by atoms with Gasteiger partial charge >= 0.3 is 6.03 Å². The number of para-hydroxylation sites is 1. The lowest BCUT2D eigenvalue weighted by Gasteiger charge is -2.13. The number of nitro groups is 1. The van der Waals surface area contributed by atoms with Crippen LogP contribution in [0.1, 0.15) is 22.5 Å². The molecule has 0 aliphatic heterocycles. The second-order valence-corrected chi connectivity index (χ2v) is 6.91. The van der Waals surface area contributed by atoms with Crippen LogP contribution in [0, 0.1) is 30.9 Å². The van der Waals surface area contributed by atoms with Gasteiger partial charge in [0.25, 0.3) is 5.69 Å². The number of hydrogen-bond acceptors (Lipinski definition) is 5. The van der Waals surface area contributed by atoms with Gasteiger partial charge in [-0.2, -0.15) is 5.10 Å². The Bertz CT molecular complexity index is 1170. The smallest absolute Gasteiger partial charge is 0.339 e. The Morgan fingerprint density at radius 3 is 2.58 bits per heavy atom. The Balaban J connectivity index is 1.82. The van der Waals surface area contributed by atoms with Gasteiger partial charge in [0.15, 0.2) is 0 Å². The number of non-ortho nitro benzene ring substituents is 1. The molecule has 31 heavy (non-hydrogen) atoms. The summed E-state index contributed by atoms with van der Waals surface area (Å²) >= 11 is 0. The zero-order valence-corrected chi connectivity index (χ0v) is 17.7. The Labute approximate surface area is 179 Å². The summed E-state index contributed by atoms with van der Waals surface area (Å²) < 4.78 is 7.24. The first-order chi connectivity index (χ1) is 14.8. The van der Waals surface area contributed by atoms with Crippen LogP contribution >= 0.6 is 0 Å². The fraction of sp³-hybridized carbons (Fsp3) is 0.182. The third-order valence-electron chi connectivity index (χ3n) is 4.85. The molecular formula is C22H23N5O4. The number of ether oxygens (including phenoxy) is 1. The Morgan fingerprint density at radius 2 is 1.90 bits per heavy atom. The standard InChI is InChI=1S/C22H23N5O4/c1-14-7-5-6-8-19(14)24-22(28)25-23-13-17-11-15(2)26(16(17)3)20-12-18(27(29)30)9-10-21(20)31-4/h5-13H,1-4H3,(H2,24,25,28). The van der Waals surface area contributed by atoms with Gasteiger partial charge in [-0.25, -0.2) is 10.2 Å². The fourth-order valence-electron chi connectivity index (χ4n) is 3.28. The molecule has 0 bridgehead atoms. The van der Waals surface area contributed by atoms with E-state index in [4.69, 9.17) is 4.74 Å². The van der Waals surface area contributed by atoms with E-state index in [1.807, 2.05) is 49.6 Å². The minimum atomic E-state index is -0.459. The predicted octanol–water partition coefficient (Wildman–Crippen LogP) is 4.47. The highest BCUT2D eigenvalue weighted by Crippen LogP contribution is 2.31. The number of amides is 2. The number of nitrogens with zero attached hydrogens (tertiary/aromatic N) is 3. The molecular weight excluding hydrogens is 398 g/mol. The summed E-state index contributed by atoms with van der Waals surface area (Å²) in [6.07, 6.45) is 1.53. The number of nitro benzene ring substituents is 1. The molecule has 3 rings (SSSR count). The van der Waals surface area contributed by atoms with Gasteiger partial charge in [-0.1, -0.05) is 18.2 Å². The van der Waals surface area contributed by atoms with Crippen molar-refractivity contribution in [2.24, 2.45) is 5.10 Å². The van der Waals surface area contributed by atoms with Crippen molar-refractivity contribution in [1.82, 2.24) is 9.99 Å². The number of anilines is 1. The molecule has 0 aliphatic carbocycles. The summed E-state index contributed by atoms with van der Waals surface area (Å²) in [4.78, 5) is 22.9. The molecule has 0 aliphatic rings. The van der Waals surface area contributed by atoms with E-state index in [0.717, 1.165) is 22.5 Å². The third-order valence-corrected chi connectivity index (χ3v) is 4.85. The topological polar surface area (TPSA) is 111 Å². The molecule has 0 atom stereocenters. The van der Waals surface area contributed by atoms with Gasteiger partial charge in [0.2, 0.25) is 0 Å². The van der Waals surface area contributed by atoms with E-state index < -0.39 is 11.0 Å². The minimum absolute atomic E-state index is 0.0342. The van der Waals surface area contributed by atoms with Crippen molar-refractivity contribution in [2.45, 2.75) is 20.8 Å². The summed E-state index contributed by atoms with van der Waals surface area (Å²) in [7, 11) is 1.51. The highest BCUT2D eigenvalue weighted by Gasteiger charge is 2.17. The van der Waals surface area contributed by atoms with Crippen molar-refractivity contribution in [3.63, 3.8) is 0 Å². The maximum atomic E-state index is 12.1. The van der Waals surface area contributed by atoms with E-state index in [9.17, 15) is 14.9 Å². The van der Waals surface area contributed by atoms with Gasteiger partial charge in [-0.05, 0) is 44.5 Å². The molecule has 9 nitrogen and oxygen atoms in total. The van der Waals surface area contributed by atoms with Crippen molar-refractivity contribution in [3.8, 4) is 11.4 Å². The molecule has 0 saturated carbocycles. The summed E-state index contributed by atoms with van der Waals surface area (Å²) in [6, 6.07) is 13.3. The van der Waals surface area contributed by atoms with Crippen molar-refractivity contribution < 1.29 is 14.5 Å². The number of nitrogens with one attached hydrogen (secondary N) is 2. The second kappa shape index (κ2) is 9.12. The Hall–Kier alpha value is -4.14. The maximum Gasteiger partial charge on any atom is 0.339 e. The molecule has 2 N–H and O–H groups in total. The monoisotopic (exact) mass is 421 g/mol. The van der Waals surface area contributed by atoms with Gasteiger partial charge in [0.1, 0.15) is 5.75 Å². The SMILES string of the molecule is COc1ccc([N+](=O)[O-])cc1-n1c(C)cc(C=NNC(=O)Nc2ccccc2C)c1C. The van der Waals surface area contributed by atoms with Gasteiger partial charge in [-0.15, -0.1) is 0 Å². The maximum absolute atomic E-state index is 12.1. The van der Waals surface area contributed by atoms with Gasteiger partial charge in [-0.3, -0.25) is 10.1 Å². The number of aryl methyl sites for hydroxylation is 2. The first-order valence-corrected chi connectivity index (χ1v) is 9.49. The van der Waals surface area contributed by atoms with Gasteiger partial charge in [0, 0.05) is 34.8 Å². The highest BCUT2D eigenvalue weighted by atomic mass is 16.6. The number of carbonyl (C=O) groups is 1. The molecule has 0 unspecified atom stereocenters. The van der Waals surface area contributed by atoms with Crippen LogP contribution in [0.2, 0.25) is 0 Å². The van der Waals surface area contributed by atoms with Crippen molar-refractivity contribution >= 4 is 23.6 Å². The minimum Gasteiger partial charge on any atom is -0.495 e. The molecule has 2 aromatic carbocycles. The number of benzene rings is 2. The van der Waals surface area contributed by atoms with E-state index in [0.29, 0.717) is 17.1 Å². The second-order valence-electron chi connectivity index (χ2n) is 6.91. The van der Waals surface area contributed by atoms with Crippen LogP contribution in [0.25, 0.3) is 5.69 Å². The fourth-order valence-corrected chi connectivity index (χ4v) is 3.28. The van der Waals surface area contributed by atoms with Crippen LogP contribution in [0.5, 0.6) is 5.75 Å². The third kappa shape index (κ3) is 4.72. The van der Waals surface area contributed by atoms with Gasteiger partial charge < -0.3 is 14.6 Å².